The van der Waals surface area contributed by atoms with Crippen LogP contribution in [0, 0.1) is 11.3 Å². The van der Waals surface area contributed by atoms with Gasteiger partial charge in [-0.2, -0.15) is 10.4 Å². The fraction of sp³-hybridized carbons (Fsp3) is 0.190. The van der Waals surface area contributed by atoms with Gasteiger partial charge in [0.15, 0.2) is 5.82 Å². The van der Waals surface area contributed by atoms with Gasteiger partial charge in [0.05, 0.1) is 18.1 Å². The maximum Gasteiger partial charge on any atom is 0.230 e. The molecule has 0 bridgehead atoms. The van der Waals surface area contributed by atoms with E-state index in [1.54, 1.807) is 12.1 Å². The average molecular weight is 342 g/mol. The summed E-state index contributed by atoms with van der Waals surface area (Å²) in [6.45, 7) is 0. The number of rotatable bonds is 4. The summed E-state index contributed by atoms with van der Waals surface area (Å²) in [6.07, 6.45) is 3.41. The molecule has 128 valence electrons. The molecule has 5 nitrogen and oxygen atoms in total. The zero-order chi connectivity index (χ0) is 17.9. The number of carbonyl (C=O) groups is 1. The summed E-state index contributed by atoms with van der Waals surface area (Å²) in [4.78, 5) is 12.3. The standard InChI is InChI=1S/C21H18N4O/c22-13-15-6-10-17(11-7-15)16-8-4-14(5-9-16)12-20(26)23-21-18-2-1-3-19(18)24-25-21/h4-11H,1-3,12H2,(H2,23,24,25,26). The minimum Gasteiger partial charge on any atom is -0.309 e. The lowest BCUT2D eigenvalue weighted by molar-refractivity contribution is -0.115. The van der Waals surface area contributed by atoms with Crippen LogP contribution in [0.4, 0.5) is 5.82 Å². The number of nitrogens with zero attached hydrogens (tertiary/aromatic N) is 2. The van der Waals surface area contributed by atoms with E-state index in [2.05, 4.69) is 21.6 Å². The molecule has 0 aliphatic heterocycles. The number of H-pyrrole nitrogens is 1. The second-order valence-electron chi connectivity index (χ2n) is 6.49. The summed E-state index contributed by atoms with van der Waals surface area (Å²) >= 11 is 0. The summed E-state index contributed by atoms with van der Waals surface area (Å²) < 4.78 is 0. The molecule has 0 fully saturated rings. The fourth-order valence-electron chi connectivity index (χ4n) is 3.34. The second kappa shape index (κ2) is 6.85. The minimum atomic E-state index is -0.0580. The number of nitriles is 1. The molecule has 2 aromatic carbocycles. The number of nitrogens with one attached hydrogen (secondary N) is 2. The minimum absolute atomic E-state index is 0.0580. The van der Waals surface area contributed by atoms with Crippen LogP contribution in [0.25, 0.3) is 11.1 Å². The third-order valence-corrected chi connectivity index (χ3v) is 4.73. The molecule has 3 aromatic rings. The molecule has 0 saturated carbocycles. The van der Waals surface area contributed by atoms with Gasteiger partial charge in [-0.15, -0.1) is 0 Å². The number of carbonyl (C=O) groups excluding carboxylic acids is 1. The number of aromatic nitrogens is 2. The van der Waals surface area contributed by atoms with Gasteiger partial charge in [0, 0.05) is 11.3 Å². The van der Waals surface area contributed by atoms with E-state index in [-0.39, 0.29) is 5.91 Å². The van der Waals surface area contributed by atoms with Crippen molar-refractivity contribution >= 4 is 11.7 Å². The van der Waals surface area contributed by atoms with E-state index in [0.29, 0.717) is 17.8 Å². The average Bonchev–Trinajstić information content (AvgIpc) is 3.28. The highest BCUT2D eigenvalue weighted by Crippen LogP contribution is 2.26. The van der Waals surface area contributed by atoms with E-state index in [1.807, 2.05) is 36.4 Å². The summed E-state index contributed by atoms with van der Waals surface area (Å²) in [7, 11) is 0. The van der Waals surface area contributed by atoms with E-state index in [0.717, 1.165) is 47.2 Å². The Kier molecular flexibility index (Phi) is 4.24. The zero-order valence-corrected chi connectivity index (χ0v) is 14.2. The van der Waals surface area contributed by atoms with Crippen LogP contribution in [0.3, 0.4) is 0 Å². The van der Waals surface area contributed by atoms with Crippen LogP contribution >= 0.6 is 0 Å². The Balaban J connectivity index is 1.42. The van der Waals surface area contributed by atoms with Gasteiger partial charge in [-0.05, 0) is 48.1 Å². The number of benzene rings is 2. The lowest BCUT2D eigenvalue weighted by Gasteiger charge is -2.06. The van der Waals surface area contributed by atoms with E-state index in [4.69, 9.17) is 5.26 Å². The Morgan fingerprint density at radius 2 is 1.77 bits per heavy atom. The number of aryl methyl sites for hydroxylation is 1. The Morgan fingerprint density at radius 3 is 2.46 bits per heavy atom. The number of fused-ring (bicyclic) bond motifs is 1. The van der Waals surface area contributed by atoms with Crippen LogP contribution in [-0.2, 0) is 24.1 Å². The summed E-state index contributed by atoms with van der Waals surface area (Å²) in [5.74, 6) is 0.619. The van der Waals surface area contributed by atoms with Crippen molar-refractivity contribution in [2.24, 2.45) is 0 Å². The molecule has 1 aliphatic rings. The molecule has 0 unspecified atom stereocenters. The highest BCUT2D eigenvalue weighted by molar-refractivity contribution is 5.92. The third kappa shape index (κ3) is 3.22. The van der Waals surface area contributed by atoms with Gasteiger partial charge in [0.2, 0.25) is 5.91 Å². The van der Waals surface area contributed by atoms with Crippen molar-refractivity contribution in [3.63, 3.8) is 0 Å². The highest BCUT2D eigenvalue weighted by Gasteiger charge is 2.19. The molecular formula is C21H18N4O. The molecule has 0 spiro atoms. The highest BCUT2D eigenvalue weighted by atomic mass is 16.1. The van der Waals surface area contributed by atoms with E-state index in [9.17, 15) is 4.79 Å². The summed E-state index contributed by atoms with van der Waals surface area (Å²) in [5, 5.41) is 19.0. The second-order valence-corrected chi connectivity index (χ2v) is 6.49. The van der Waals surface area contributed by atoms with Gasteiger partial charge < -0.3 is 5.32 Å². The molecule has 1 aliphatic carbocycles. The molecule has 4 rings (SSSR count). The van der Waals surface area contributed by atoms with Gasteiger partial charge in [-0.25, -0.2) is 0 Å². The van der Waals surface area contributed by atoms with Crippen molar-refractivity contribution in [1.29, 1.82) is 5.26 Å². The Morgan fingerprint density at radius 1 is 1.08 bits per heavy atom. The number of anilines is 1. The van der Waals surface area contributed by atoms with Crippen LogP contribution in [0.2, 0.25) is 0 Å². The van der Waals surface area contributed by atoms with Crippen molar-refractivity contribution in [3.8, 4) is 17.2 Å². The normalized spacial score (nSPS) is 12.4. The number of amides is 1. The van der Waals surface area contributed by atoms with Crippen LogP contribution in [0.15, 0.2) is 48.5 Å². The molecule has 0 radical (unpaired) electrons. The third-order valence-electron chi connectivity index (χ3n) is 4.73. The first kappa shape index (κ1) is 16.1. The van der Waals surface area contributed by atoms with E-state index in [1.165, 1.54) is 0 Å². The van der Waals surface area contributed by atoms with Crippen LogP contribution < -0.4 is 5.32 Å². The molecule has 1 heterocycles. The van der Waals surface area contributed by atoms with E-state index >= 15 is 0 Å². The Bertz CT molecular complexity index is 978. The smallest absolute Gasteiger partial charge is 0.230 e. The van der Waals surface area contributed by atoms with Crippen LogP contribution in [0.5, 0.6) is 0 Å². The number of aromatic amines is 1. The number of hydrogen-bond acceptors (Lipinski definition) is 3. The van der Waals surface area contributed by atoms with Crippen molar-refractivity contribution in [2.45, 2.75) is 25.7 Å². The number of hydrogen-bond donors (Lipinski definition) is 2. The predicted molar refractivity (Wildman–Crippen MR) is 99.5 cm³/mol. The van der Waals surface area contributed by atoms with Gasteiger partial charge in [0.1, 0.15) is 0 Å². The maximum absolute atomic E-state index is 12.3. The molecule has 5 heteroatoms. The molecule has 0 saturated heterocycles. The van der Waals surface area contributed by atoms with Crippen molar-refractivity contribution in [2.75, 3.05) is 5.32 Å². The van der Waals surface area contributed by atoms with Crippen molar-refractivity contribution in [3.05, 3.63) is 70.9 Å². The van der Waals surface area contributed by atoms with Gasteiger partial charge in [0.25, 0.3) is 0 Å². The SMILES string of the molecule is N#Cc1ccc(-c2ccc(CC(=O)Nc3n[nH]c4c3CCC4)cc2)cc1. The quantitative estimate of drug-likeness (QED) is 0.760. The topological polar surface area (TPSA) is 81.6 Å². The lowest BCUT2D eigenvalue weighted by atomic mass is 10.0. The lowest BCUT2D eigenvalue weighted by Crippen LogP contribution is -2.15. The summed E-state index contributed by atoms with van der Waals surface area (Å²) in [6, 6.07) is 17.5. The first-order chi connectivity index (χ1) is 12.7. The van der Waals surface area contributed by atoms with Crippen molar-refractivity contribution in [1.82, 2.24) is 10.2 Å². The monoisotopic (exact) mass is 342 g/mol. The molecule has 0 atom stereocenters. The molecule has 26 heavy (non-hydrogen) atoms. The van der Waals surface area contributed by atoms with Crippen LogP contribution in [-0.4, -0.2) is 16.1 Å². The molecular weight excluding hydrogens is 324 g/mol. The summed E-state index contributed by atoms with van der Waals surface area (Å²) in [5.41, 5.74) is 6.00. The van der Waals surface area contributed by atoms with Gasteiger partial charge >= 0.3 is 0 Å². The predicted octanol–water partition coefficient (Wildman–Crippen LogP) is 3.62. The van der Waals surface area contributed by atoms with E-state index < -0.39 is 0 Å². The first-order valence-electron chi connectivity index (χ1n) is 8.68. The fourth-order valence-corrected chi connectivity index (χ4v) is 3.34. The van der Waals surface area contributed by atoms with Gasteiger partial charge in [-0.1, -0.05) is 36.4 Å². The van der Waals surface area contributed by atoms with Crippen LogP contribution in [0.1, 0.15) is 28.8 Å². The Labute approximate surface area is 151 Å². The molecule has 1 amide bonds. The van der Waals surface area contributed by atoms with Gasteiger partial charge in [-0.3, -0.25) is 9.89 Å². The molecule has 2 N–H and O–H groups in total. The van der Waals surface area contributed by atoms with Crippen molar-refractivity contribution < 1.29 is 4.79 Å². The largest absolute Gasteiger partial charge is 0.309 e. The zero-order valence-electron chi connectivity index (χ0n) is 14.2. The molecule has 1 aromatic heterocycles. The maximum atomic E-state index is 12.3. The first-order valence-corrected chi connectivity index (χ1v) is 8.68. The Hall–Kier alpha value is -3.39.